The molecular formula is C7H11Cl3N2. The van der Waals surface area contributed by atoms with Crippen molar-refractivity contribution < 1.29 is 0 Å². The van der Waals surface area contributed by atoms with Gasteiger partial charge in [0.2, 0.25) is 0 Å². The van der Waals surface area contributed by atoms with E-state index in [1.165, 1.54) is 0 Å². The Kier molecular flexibility index (Phi) is 9.21. The molecule has 0 bridgehead atoms. The van der Waals surface area contributed by atoms with Crippen molar-refractivity contribution in [3.63, 3.8) is 0 Å². The second-order valence-corrected chi connectivity index (χ2v) is 2.41. The Bertz CT molecular complexity index is 218. The smallest absolute Gasteiger partial charge is 0.129 e. The van der Waals surface area contributed by atoms with E-state index in [2.05, 4.69) is 4.98 Å². The van der Waals surface area contributed by atoms with Crippen LogP contribution in [0.1, 0.15) is 5.56 Å². The summed E-state index contributed by atoms with van der Waals surface area (Å²) in [5, 5.41) is 0.533. The average Bonchev–Trinajstić information content (AvgIpc) is 1.88. The molecule has 1 aromatic heterocycles. The van der Waals surface area contributed by atoms with Gasteiger partial charge in [-0.1, -0.05) is 11.6 Å². The molecule has 0 saturated heterocycles. The highest BCUT2D eigenvalue weighted by atomic mass is 35.5. The molecule has 0 spiro atoms. The lowest BCUT2D eigenvalue weighted by atomic mass is 10.2. The standard InChI is InChI=1S/C7H9ClN2.2ClH/c8-7-5-6(1-3-9)2-4-10-7;;/h2,4-5H,1,3,9H2;2*1H. The van der Waals surface area contributed by atoms with Gasteiger partial charge in [-0.25, -0.2) is 4.98 Å². The fraction of sp³-hybridized carbons (Fsp3) is 0.286. The second-order valence-electron chi connectivity index (χ2n) is 2.03. The van der Waals surface area contributed by atoms with Crippen molar-refractivity contribution in [3.8, 4) is 0 Å². The van der Waals surface area contributed by atoms with Gasteiger partial charge in [0.15, 0.2) is 0 Å². The molecule has 2 nitrogen and oxygen atoms in total. The summed E-state index contributed by atoms with van der Waals surface area (Å²) < 4.78 is 0. The molecule has 0 aliphatic heterocycles. The zero-order chi connectivity index (χ0) is 7.40. The molecule has 0 saturated carbocycles. The van der Waals surface area contributed by atoms with E-state index < -0.39 is 0 Å². The van der Waals surface area contributed by atoms with E-state index in [-0.39, 0.29) is 24.8 Å². The summed E-state index contributed by atoms with van der Waals surface area (Å²) in [6, 6.07) is 3.74. The van der Waals surface area contributed by atoms with E-state index in [1.807, 2.05) is 12.1 Å². The molecule has 0 aliphatic rings. The van der Waals surface area contributed by atoms with Crippen molar-refractivity contribution in [3.05, 3.63) is 29.0 Å². The minimum absolute atomic E-state index is 0. The molecule has 0 aromatic carbocycles. The first-order valence-electron chi connectivity index (χ1n) is 3.13. The Morgan fingerprint density at radius 2 is 2.08 bits per heavy atom. The maximum atomic E-state index is 5.63. The van der Waals surface area contributed by atoms with Crippen molar-refractivity contribution in [2.45, 2.75) is 6.42 Å². The van der Waals surface area contributed by atoms with Crippen molar-refractivity contribution in [1.29, 1.82) is 0 Å². The predicted octanol–water partition coefficient (Wildman–Crippen LogP) is 2.08. The van der Waals surface area contributed by atoms with Crippen LogP contribution in [-0.4, -0.2) is 11.5 Å². The molecule has 0 unspecified atom stereocenters. The van der Waals surface area contributed by atoms with Crippen molar-refractivity contribution in [2.75, 3.05) is 6.54 Å². The van der Waals surface area contributed by atoms with Crippen molar-refractivity contribution in [1.82, 2.24) is 4.98 Å². The number of aromatic nitrogens is 1. The van der Waals surface area contributed by atoms with E-state index in [0.717, 1.165) is 12.0 Å². The van der Waals surface area contributed by atoms with E-state index in [9.17, 15) is 0 Å². The van der Waals surface area contributed by atoms with Crippen LogP contribution >= 0.6 is 36.4 Å². The summed E-state index contributed by atoms with van der Waals surface area (Å²) in [4.78, 5) is 3.85. The summed E-state index contributed by atoms with van der Waals surface area (Å²) in [5.41, 5.74) is 6.49. The Hall–Kier alpha value is -0.0200. The zero-order valence-electron chi connectivity index (χ0n) is 6.37. The highest BCUT2D eigenvalue weighted by Gasteiger charge is 1.91. The monoisotopic (exact) mass is 228 g/mol. The first kappa shape index (κ1) is 14.5. The quantitative estimate of drug-likeness (QED) is 0.789. The molecule has 0 atom stereocenters. The zero-order valence-corrected chi connectivity index (χ0v) is 8.75. The van der Waals surface area contributed by atoms with Gasteiger partial charge >= 0.3 is 0 Å². The number of rotatable bonds is 2. The summed E-state index contributed by atoms with van der Waals surface area (Å²) in [6.07, 6.45) is 2.55. The van der Waals surface area contributed by atoms with E-state index >= 15 is 0 Å². The van der Waals surface area contributed by atoms with Gasteiger partial charge in [0.05, 0.1) is 0 Å². The molecule has 1 heterocycles. The molecule has 1 rings (SSSR count). The molecule has 0 amide bonds. The van der Waals surface area contributed by atoms with Gasteiger partial charge in [-0.15, -0.1) is 24.8 Å². The Labute approximate surface area is 89.3 Å². The third kappa shape index (κ3) is 4.78. The minimum Gasteiger partial charge on any atom is -0.330 e. The molecule has 12 heavy (non-hydrogen) atoms. The lowest BCUT2D eigenvalue weighted by Crippen LogP contribution is -2.02. The Balaban J connectivity index is 0. The largest absolute Gasteiger partial charge is 0.330 e. The van der Waals surface area contributed by atoms with Crippen LogP contribution in [-0.2, 0) is 6.42 Å². The summed E-state index contributed by atoms with van der Waals surface area (Å²) in [6.45, 7) is 0.653. The summed E-state index contributed by atoms with van der Waals surface area (Å²) in [5.74, 6) is 0. The molecule has 0 fully saturated rings. The third-order valence-electron chi connectivity index (χ3n) is 1.22. The SMILES string of the molecule is Cl.Cl.NCCc1ccnc(Cl)c1. The van der Waals surface area contributed by atoms with Gasteiger partial charge < -0.3 is 5.73 Å². The molecule has 1 aromatic rings. The highest BCUT2D eigenvalue weighted by Crippen LogP contribution is 2.06. The average molecular weight is 230 g/mol. The topological polar surface area (TPSA) is 38.9 Å². The van der Waals surface area contributed by atoms with Crippen LogP contribution in [0.4, 0.5) is 0 Å². The van der Waals surface area contributed by atoms with Crippen LogP contribution in [0.5, 0.6) is 0 Å². The van der Waals surface area contributed by atoms with Gasteiger partial charge in [-0.05, 0) is 30.7 Å². The summed E-state index contributed by atoms with van der Waals surface area (Å²) >= 11 is 5.63. The number of nitrogens with two attached hydrogens (primary N) is 1. The van der Waals surface area contributed by atoms with Crippen LogP contribution in [0, 0.1) is 0 Å². The highest BCUT2D eigenvalue weighted by molar-refractivity contribution is 6.29. The third-order valence-corrected chi connectivity index (χ3v) is 1.43. The predicted molar refractivity (Wildman–Crippen MR) is 56.5 cm³/mol. The van der Waals surface area contributed by atoms with E-state index in [4.69, 9.17) is 17.3 Å². The molecular weight excluding hydrogens is 218 g/mol. The van der Waals surface area contributed by atoms with Crippen molar-refractivity contribution in [2.24, 2.45) is 5.73 Å². The molecule has 2 N–H and O–H groups in total. The fourth-order valence-electron chi connectivity index (χ4n) is 0.765. The second kappa shape index (κ2) is 7.62. The van der Waals surface area contributed by atoms with Gasteiger partial charge in [0, 0.05) is 6.20 Å². The number of hydrogen-bond acceptors (Lipinski definition) is 2. The lowest BCUT2D eigenvalue weighted by molar-refractivity contribution is 0.964. The maximum absolute atomic E-state index is 5.63. The normalized spacial score (nSPS) is 8.17. The molecule has 70 valence electrons. The first-order valence-corrected chi connectivity index (χ1v) is 3.51. The molecule has 5 heteroatoms. The van der Waals surface area contributed by atoms with Gasteiger partial charge in [0.25, 0.3) is 0 Å². The minimum atomic E-state index is 0. The van der Waals surface area contributed by atoms with Crippen LogP contribution in [0.3, 0.4) is 0 Å². The number of hydrogen-bond donors (Lipinski definition) is 1. The van der Waals surface area contributed by atoms with Crippen LogP contribution in [0.25, 0.3) is 0 Å². The fourth-order valence-corrected chi connectivity index (χ4v) is 0.961. The van der Waals surface area contributed by atoms with Crippen LogP contribution < -0.4 is 5.73 Å². The molecule has 0 aliphatic carbocycles. The van der Waals surface area contributed by atoms with E-state index in [1.54, 1.807) is 6.20 Å². The van der Waals surface area contributed by atoms with Crippen LogP contribution in [0.2, 0.25) is 5.15 Å². The maximum Gasteiger partial charge on any atom is 0.129 e. The van der Waals surface area contributed by atoms with E-state index in [0.29, 0.717) is 11.7 Å². The first-order chi connectivity index (χ1) is 4.83. The number of nitrogens with zero attached hydrogens (tertiary/aromatic N) is 1. The number of halogens is 3. The van der Waals surface area contributed by atoms with Gasteiger partial charge in [-0.3, -0.25) is 0 Å². The van der Waals surface area contributed by atoms with Gasteiger partial charge in [0.1, 0.15) is 5.15 Å². The summed E-state index contributed by atoms with van der Waals surface area (Å²) in [7, 11) is 0. The Morgan fingerprint density at radius 3 is 2.58 bits per heavy atom. The lowest BCUT2D eigenvalue weighted by Gasteiger charge is -1.96. The van der Waals surface area contributed by atoms with Crippen molar-refractivity contribution >= 4 is 36.4 Å². The number of pyridine rings is 1. The molecule has 0 radical (unpaired) electrons. The Morgan fingerprint density at radius 1 is 1.42 bits per heavy atom. The van der Waals surface area contributed by atoms with Gasteiger partial charge in [-0.2, -0.15) is 0 Å². The van der Waals surface area contributed by atoms with Crippen LogP contribution in [0.15, 0.2) is 18.3 Å².